The summed E-state index contributed by atoms with van der Waals surface area (Å²) in [6.07, 6.45) is -4.85. The van der Waals surface area contributed by atoms with Crippen LogP contribution in [-0.2, 0) is 0 Å². The number of benzene rings is 1. The number of halogens is 3. The summed E-state index contributed by atoms with van der Waals surface area (Å²) < 4.78 is 45.0. The Kier molecular flexibility index (Phi) is 5.21. The molecular formula is C13H7F3N4O2. The molecule has 1 aromatic carbocycles. The first-order valence-corrected chi connectivity index (χ1v) is 5.50. The van der Waals surface area contributed by atoms with E-state index in [0.29, 0.717) is 0 Å². The van der Waals surface area contributed by atoms with Gasteiger partial charge in [0, 0.05) is 6.07 Å². The number of hydrogen-bond donors (Lipinski definition) is 1. The van der Waals surface area contributed by atoms with Gasteiger partial charge in [0.25, 0.3) is 0 Å². The van der Waals surface area contributed by atoms with Crippen molar-refractivity contribution >= 4 is 5.69 Å². The van der Waals surface area contributed by atoms with Crippen molar-refractivity contribution in [1.29, 1.82) is 15.8 Å². The molecule has 0 fully saturated rings. The Hall–Kier alpha value is -3.38. The number of allylic oxidation sites excluding steroid dienone is 2. The highest BCUT2D eigenvalue weighted by Crippen LogP contribution is 2.32. The van der Waals surface area contributed by atoms with Crippen molar-refractivity contribution < 1.29 is 22.6 Å². The lowest BCUT2D eigenvalue weighted by molar-refractivity contribution is -0.274. The Bertz CT molecular complexity index is 705. The molecule has 0 aliphatic heterocycles. The van der Waals surface area contributed by atoms with Crippen molar-refractivity contribution in [2.45, 2.75) is 6.36 Å². The molecule has 0 saturated heterocycles. The van der Waals surface area contributed by atoms with Gasteiger partial charge in [0.1, 0.15) is 35.4 Å². The topological polar surface area (TPSA) is 102 Å². The minimum atomic E-state index is -4.85. The van der Waals surface area contributed by atoms with Crippen molar-refractivity contribution in [1.82, 2.24) is 0 Å². The normalized spacial score (nSPS) is 9.68. The van der Waals surface area contributed by atoms with Crippen LogP contribution in [0.15, 0.2) is 29.5 Å². The fraction of sp³-hybridized carbons (Fsp3) is 0.154. The predicted octanol–water partition coefficient (Wildman–Crippen LogP) is 2.83. The van der Waals surface area contributed by atoms with Crippen molar-refractivity contribution in [3.63, 3.8) is 0 Å². The van der Waals surface area contributed by atoms with Gasteiger partial charge in [-0.1, -0.05) is 0 Å². The van der Waals surface area contributed by atoms with Gasteiger partial charge in [-0.25, -0.2) is 0 Å². The molecule has 0 aliphatic rings. The van der Waals surface area contributed by atoms with Crippen LogP contribution in [0.25, 0.3) is 0 Å². The van der Waals surface area contributed by atoms with Crippen molar-refractivity contribution in [2.75, 3.05) is 12.4 Å². The Balaban J connectivity index is 3.18. The molecule has 0 bridgehead atoms. The summed E-state index contributed by atoms with van der Waals surface area (Å²) in [5.74, 6) is -0.581. The number of alkyl halides is 3. The Morgan fingerprint density at radius 3 is 2.23 bits per heavy atom. The first-order valence-electron chi connectivity index (χ1n) is 5.50. The van der Waals surface area contributed by atoms with Crippen LogP contribution in [0, 0.1) is 34.0 Å². The van der Waals surface area contributed by atoms with Crippen LogP contribution in [-0.4, -0.2) is 13.5 Å². The van der Waals surface area contributed by atoms with Crippen molar-refractivity contribution in [3.8, 4) is 29.7 Å². The highest BCUT2D eigenvalue weighted by atomic mass is 19.4. The third kappa shape index (κ3) is 4.32. The van der Waals surface area contributed by atoms with Crippen LogP contribution >= 0.6 is 0 Å². The molecule has 6 nitrogen and oxygen atoms in total. The van der Waals surface area contributed by atoms with Crippen molar-refractivity contribution in [3.05, 3.63) is 29.5 Å². The van der Waals surface area contributed by atoms with Crippen LogP contribution < -0.4 is 14.8 Å². The monoisotopic (exact) mass is 308 g/mol. The standard InChI is InChI=1S/C13H7F3N4O2/c1-21-12-4-9(22-13(14,15)16)2-3-10(12)20-11(7-19)8(5-17)6-18/h2-4,20H,1H3. The van der Waals surface area contributed by atoms with Gasteiger partial charge in [0.15, 0.2) is 5.57 Å². The SMILES string of the molecule is COc1cc(OC(F)(F)F)ccc1NC(C#N)=C(C#N)C#N. The molecule has 22 heavy (non-hydrogen) atoms. The van der Waals surface area contributed by atoms with E-state index >= 15 is 0 Å². The summed E-state index contributed by atoms with van der Waals surface area (Å²) in [4.78, 5) is 0. The number of rotatable bonds is 4. The highest BCUT2D eigenvalue weighted by Gasteiger charge is 2.31. The van der Waals surface area contributed by atoms with E-state index in [9.17, 15) is 13.2 Å². The molecule has 0 saturated carbocycles. The quantitative estimate of drug-likeness (QED) is 0.858. The van der Waals surface area contributed by atoms with Gasteiger partial charge in [0.2, 0.25) is 0 Å². The predicted molar refractivity (Wildman–Crippen MR) is 67.2 cm³/mol. The molecule has 1 N–H and O–H groups in total. The van der Waals surface area contributed by atoms with Crippen LogP contribution in [0.2, 0.25) is 0 Å². The number of ether oxygens (including phenoxy) is 2. The van der Waals surface area contributed by atoms with E-state index < -0.39 is 17.7 Å². The van der Waals surface area contributed by atoms with Gasteiger partial charge in [-0.3, -0.25) is 0 Å². The zero-order valence-corrected chi connectivity index (χ0v) is 11.0. The lowest BCUT2D eigenvalue weighted by Gasteiger charge is -2.13. The molecule has 0 unspecified atom stereocenters. The molecule has 0 amide bonds. The number of nitrogens with zero attached hydrogens (tertiary/aromatic N) is 3. The second kappa shape index (κ2) is 6.87. The van der Waals surface area contributed by atoms with E-state index in [1.165, 1.54) is 19.2 Å². The molecule has 1 aromatic rings. The average Bonchev–Trinajstić information content (AvgIpc) is 2.46. The van der Waals surface area contributed by atoms with Gasteiger partial charge >= 0.3 is 6.36 Å². The average molecular weight is 308 g/mol. The summed E-state index contributed by atoms with van der Waals surface area (Å²) in [6.45, 7) is 0. The van der Waals surface area contributed by atoms with E-state index in [1.807, 2.05) is 0 Å². The minimum Gasteiger partial charge on any atom is -0.494 e. The summed E-state index contributed by atoms with van der Waals surface area (Å²) in [5.41, 5.74) is -0.732. The number of methoxy groups -OCH3 is 1. The number of hydrogen-bond acceptors (Lipinski definition) is 6. The molecule has 0 spiro atoms. The van der Waals surface area contributed by atoms with Gasteiger partial charge in [-0.05, 0) is 12.1 Å². The maximum atomic E-state index is 12.1. The first kappa shape index (κ1) is 16.7. The van der Waals surface area contributed by atoms with E-state index in [4.69, 9.17) is 20.5 Å². The molecular weight excluding hydrogens is 301 g/mol. The first-order chi connectivity index (χ1) is 10.3. The van der Waals surface area contributed by atoms with Gasteiger partial charge in [-0.2, -0.15) is 15.8 Å². The molecule has 0 aliphatic carbocycles. The van der Waals surface area contributed by atoms with Crippen LogP contribution in [0.4, 0.5) is 18.9 Å². The molecule has 9 heteroatoms. The third-order valence-electron chi connectivity index (χ3n) is 2.25. The fourth-order valence-electron chi connectivity index (χ4n) is 1.39. The maximum absolute atomic E-state index is 12.1. The van der Waals surface area contributed by atoms with Crippen LogP contribution in [0.5, 0.6) is 11.5 Å². The van der Waals surface area contributed by atoms with Crippen molar-refractivity contribution in [2.24, 2.45) is 0 Å². The second-order valence-corrected chi connectivity index (χ2v) is 3.62. The molecule has 0 heterocycles. The zero-order valence-electron chi connectivity index (χ0n) is 11.0. The molecule has 1 rings (SSSR count). The molecule has 0 atom stereocenters. The Morgan fingerprint density at radius 1 is 1.14 bits per heavy atom. The summed E-state index contributed by atoms with van der Waals surface area (Å²) in [7, 11) is 1.20. The fourth-order valence-corrected chi connectivity index (χ4v) is 1.39. The number of nitriles is 3. The Morgan fingerprint density at radius 2 is 1.77 bits per heavy atom. The van der Waals surface area contributed by atoms with Crippen LogP contribution in [0.1, 0.15) is 0 Å². The maximum Gasteiger partial charge on any atom is 0.573 e. The van der Waals surface area contributed by atoms with Gasteiger partial charge < -0.3 is 14.8 Å². The van der Waals surface area contributed by atoms with E-state index in [0.717, 1.165) is 18.2 Å². The van der Waals surface area contributed by atoms with Gasteiger partial charge in [-0.15, -0.1) is 13.2 Å². The van der Waals surface area contributed by atoms with Gasteiger partial charge in [0.05, 0.1) is 12.8 Å². The van der Waals surface area contributed by atoms with Crippen LogP contribution in [0.3, 0.4) is 0 Å². The lowest BCUT2D eigenvalue weighted by Crippen LogP contribution is -2.17. The molecule has 0 aromatic heterocycles. The second-order valence-electron chi connectivity index (χ2n) is 3.62. The highest BCUT2D eigenvalue weighted by molar-refractivity contribution is 5.65. The summed E-state index contributed by atoms with van der Waals surface area (Å²) >= 11 is 0. The summed E-state index contributed by atoms with van der Waals surface area (Å²) in [5, 5.41) is 28.8. The summed E-state index contributed by atoms with van der Waals surface area (Å²) in [6, 6.07) is 7.75. The minimum absolute atomic E-state index is 0.0651. The smallest absolute Gasteiger partial charge is 0.494 e. The Labute approximate surface area is 123 Å². The largest absolute Gasteiger partial charge is 0.573 e. The zero-order chi connectivity index (χ0) is 16.8. The lowest BCUT2D eigenvalue weighted by atomic mass is 10.2. The molecule has 112 valence electrons. The van der Waals surface area contributed by atoms with E-state index in [-0.39, 0.29) is 17.1 Å². The molecule has 0 radical (unpaired) electrons. The number of nitrogens with one attached hydrogen (secondary N) is 1. The third-order valence-corrected chi connectivity index (χ3v) is 2.25. The van der Waals surface area contributed by atoms with E-state index in [2.05, 4.69) is 10.1 Å². The number of anilines is 1. The van der Waals surface area contributed by atoms with E-state index in [1.54, 1.807) is 6.07 Å².